The monoisotopic (exact) mass is 335 g/mol. The Kier molecular flexibility index (Phi) is 3.33. The van der Waals surface area contributed by atoms with Gasteiger partial charge < -0.3 is 5.32 Å². The molecule has 0 unspecified atom stereocenters. The Morgan fingerprint density at radius 3 is 2.74 bits per heavy atom. The molecule has 2 aromatic heterocycles. The van der Waals surface area contributed by atoms with Gasteiger partial charge in [0.25, 0.3) is 0 Å². The van der Waals surface area contributed by atoms with E-state index >= 15 is 0 Å². The first-order valence-electron chi connectivity index (χ1n) is 6.07. The molecule has 3 nitrogen and oxygen atoms in total. The second-order valence-corrected chi connectivity index (χ2v) is 6.63. The number of aromatic nitrogens is 2. The van der Waals surface area contributed by atoms with Gasteiger partial charge in [-0.3, -0.25) is 4.40 Å². The van der Waals surface area contributed by atoms with E-state index in [0.29, 0.717) is 0 Å². The molecule has 0 aliphatic rings. The molecular weight excluding hydrogens is 322 g/mol. The van der Waals surface area contributed by atoms with E-state index < -0.39 is 0 Å². The topological polar surface area (TPSA) is 29.3 Å². The minimum absolute atomic E-state index is 0.783. The minimum atomic E-state index is 0.783. The third-order valence-corrected chi connectivity index (χ3v) is 4.47. The van der Waals surface area contributed by atoms with Crippen molar-refractivity contribution < 1.29 is 0 Å². The lowest BCUT2D eigenvalue weighted by molar-refractivity contribution is 0.991. The first-order valence-corrected chi connectivity index (χ1v) is 7.68. The van der Waals surface area contributed by atoms with Crippen molar-refractivity contribution in [2.45, 2.75) is 20.4 Å². The van der Waals surface area contributed by atoms with Gasteiger partial charge in [0.05, 0.1) is 17.9 Å². The Morgan fingerprint density at radius 1 is 1.26 bits per heavy atom. The van der Waals surface area contributed by atoms with Crippen molar-refractivity contribution in [2.24, 2.45) is 0 Å². The van der Waals surface area contributed by atoms with Crippen LogP contribution < -0.4 is 5.32 Å². The molecule has 2 heterocycles. The number of nitrogens with zero attached hydrogens (tertiary/aromatic N) is 2. The molecule has 0 spiro atoms. The number of imidazole rings is 1. The van der Waals surface area contributed by atoms with Crippen LogP contribution in [0.15, 0.2) is 34.9 Å². The number of rotatable bonds is 3. The Labute approximate surface area is 124 Å². The number of nitrogens with one attached hydrogen (secondary N) is 1. The first kappa shape index (κ1) is 12.7. The molecule has 0 saturated heterocycles. The van der Waals surface area contributed by atoms with Crippen molar-refractivity contribution in [3.63, 3.8) is 0 Å². The SMILES string of the molecule is Cc1cn2c(CNc3ccc(Br)cc3)c(C)nc2s1. The highest BCUT2D eigenvalue weighted by molar-refractivity contribution is 9.10. The predicted octanol–water partition coefficient (Wildman–Crippen LogP) is 4.39. The Hall–Kier alpha value is -1.33. The molecule has 5 heteroatoms. The number of hydrogen-bond acceptors (Lipinski definition) is 3. The molecule has 0 aliphatic carbocycles. The summed E-state index contributed by atoms with van der Waals surface area (Å²) in [4.78, 5) is 6.95. The van der Waals surface area contributed by atoms with Crippen LogP contribution in [-0.4, -0.2) is 9.38 Å². The van der Waals surface area contributed by atoms with Crippen LogP contribution >= 0.6 is 27.3 Å². The van der Waals surface area contributed by atoms with Gasteiger partial charge in [-0.1, -0.05) is 15.9 Å². The van der Waals surface area contributed by atoms with E-state index in [1.165, 1.54) is 10.6 Å². The largest absolute Gasteiger partial charge is 0.379 e. The molecular formula is C14H14BrN3S. The van der Waals surface area contributed by atoms with Crippen molar-refractivity contribution in [3.8, 4) is 0 Å². The fraction of sp³-hybridized carbons (Fsp3) is 0.214. The van der Waals surface area contributed by atoms with Gasteiger partial charge >= 0.3 is 0 Å². The number of fused-ring (bicyclic) bond motifs is 1. The van der Waals surface area contributed by atoms with Gasteiger partial charge in [-0.15, -0.1) is 11.3 Å². The molecule has 1 N–H and O–H groups in total. The molecule has 3 rings (SSSR count). The van der Waals surface area contributed by atoms with Crippen LogP contribution in [0.25, 0.3) is 4.96 Å². The summed E-state index contributed by atoms with van der Waals surface area (Å²) < 4.78 is 3.27. The summed E-state index contributed by atoms with van der Waals surface area (Å²) in [5.41, 5.74) is 3.43. The van der Waals surface area contributed by atoms with E-state index in [1.807, 2.05) is 12.1 Å². The molecule has 0 amide bonds. The summed E-state index contributed by atoms with van der Waals surface area (Å²) in [6.45, 7) is 4.96. The van der Waals surface area contributed by atoms with Crippen molar-refractivity contribution >= 4 is 37.9 Å². The molecule has 1 aromatic carbocycles. The zero-order chi connectivity index (χ0) is 13.4. The Morgan fingerprint density at radius 2 is 2.00 bits per heavy atom. The van der Waals surface area contributed by atoms with Gasteiger partial charge in [0.1, 0.15) is 0 Å². The smallest absolute Gasteiger partial charge is 0.194 e. The van der Waals surface area contributed by atoms with Crippen LogP contribution in [0.5, 0.6) is 0 Å². The number of hydrogen-bond donors (Lipinski definition) is 1. The summed E-state index contributed by atoms with van der Waals surface area (Å²) in [5, 5.41) is 3.44. The van der Waals surface area contributed by atoms with Crippen molar-refractivity contribution in [1.29, 1.82) is 0 Å². The third kappa shape index (κ3) is 2.53. The molecule has 0 aliphatic heterocycles. The second-order valence-electron chi connectivity index (χ2n) is 4.50. The minimum Gasteiger partial charge on any atom is -0.379 e. The number of benzene rings is 1. The first-order chi connectivity index (χ1) is 9.13. The zero-order valence-corrected chi connectivity index (χ0v) is 13.2. The molecule has 0 bridgehead atoms. The highest BCUT2D eigenvalue weighted by Crippen LogP contribution is 2.22. The summed E-state index contributed by atoms with van der Waals surface area (Å²) in [7, 11) is 0. The number of anilines is 1. The van der Waals surface area contributed by atoms with Crippen LogP contribution in [0, 0.1) is 13.8 Å². The van der Waals surface area contributed by atoms with E-state index in [1.54, 1.807) is 11.3 Å². The highest BCUT2D eigenvalue weighted by Gasteiger charge is 2.10. The molecule has 3 aromatic rings. The molecule has 98 valence electrons. The van der Waals surface area contributed by atoms with E-state index in [4.69, 9.17) is 0 Å². The third-order valence-electron chi connectivity index (χ3n) is 3.05. The van der Waals surface area contributed by atoms with Crippen molar-refractivity contribution in [1.82, 2.24) is 9.38 Å². The fourth-order valence-corrected chi connectivity index (χ4v) is 3.23. The standard InChI is InChI=1S/C14H14BrN3S/c1-9-8-18-13(10(2)17-14(18)19-9)7-16-12-5-3-11(15)4-6-12/h3-6,8,16H,7H2,1-2H3. The Balaban J connectivity index is 1.84. The van der Waals surface area contributed by atoms with Gasteiger partial charge in [-0.25, -0.2) is 4.98 Å². The summed E-state index contributed by atoms with van der Waals surface area (Å²) >= 11 is 5.17. The van der Waals surface area contributed by atoms with E-state index in [9.17, 15) is 0 Å². The Bertz CT molecular complexity index is 712. The number of thiazole rings is 1. The van der Waals surface area contributed by atoms with E-state index in [-0.39, 0.29) is 0 Å². The van der Waals surface area contributed by atoms with Gasteiger partial charge in [-0.05, 0) is 38.1 Å². The lowest BCUT2D eigenvalue weighted by Crippen LogP contribution is -2.03. The van der Waals surface area contributed by atoms with Crippen LogP contribution in [0.4, 0.5) is 5.69 Å². The average molecular weight is 336 g/mol. The van der Waals surface area contributed by atoms with Crippen molar-refractivity contribution in [3.05, 3.63) is 51.2 Å². The quantitative estimate of drug-likeness (QED) is 0.769. The predicted molar refractivity (Wildman–Crippen MR) is 84.0 cm³/mol. The van der Waals surface area contributed by atoms with Gasteiger partial charge in [0.15, 0.2) is 4.96 Å². The maximum absolute atomic E-state index is 4.59. The molecule has 0 atom stereocenters. The number of aryl methyl sites for hydroxylation is 2. The molecule has 0 saturated carbocycles. The molecule has 0 fully saturated rings. The van der Waals surface area contributed by atoms with E-state index in [0.717, 1.165) is 27.4 Å². The summed E-state index contributed by atoms with van der Waals surface area (Å²) in [6.07, 6.45) is 2.15. The second kappa shape index (κ2) is 4.98. The van der Waals surface area contributed by atoms with Crippen LogP contribution in [0.2, 0.25) is 0 Å². The summed E-state index contributed by atoms with van der Waals surface area (Å²) in [5.74, 6) is 0. The maximum Gasteiger partial charge on any atom is 0.194 e. The molecule has 0 radical (unpaired) electrons. The average Bonchev–Trinajstić information content (AvgIpc) is 2.85. The lowest BCUT2D eigenvalue weighted by atomic mass is 10.3. The van der Waals surface area contributed by atoms with Crippen LogP contribution in [0.1, 0.15) is 16.3 Å². The zero-order valence-electron chi connectivity index (χ0n) is 10.8. The van der Waals surface area contributed by atoms with Gasteiger partial charge in [-0.2, -0.15) is 0 Å². The normalized spacial score (nSPS) is 11.1. The lowest BCUT2D eigenvalue weighted by Gasteiger charge is -2.06. The van der Waals surface area contributed by atoms with Crippen molar-refractivity contribution in [2.75, 3.05) is 5.32 Å². The van der Waals surface area contributed by atoms with Crippen LogP contribution in [0.3, 0.4) is 0 Å². The molecule has 19 heavy (non-hydrogen) atoms. The van der Waals surface area contributed by atoms with Gasteiger partial charge in [0.2, 0.25) is 0 Å². The number of halogens is 1. The van der Waals surface area contributed by atoms with Gasteiger partial charge in [0, 0.05) is 21.2 Å². The fourth-order valence-electron chi connectivity index (χ4n) is 2.08. The van der Waals surface area contributed by atoms with Crippen LogP contribution in [-0.2, 0) is 6.54 Å². The summed E-state index contributed by atoms with van der Waals surface area (Å²) in [6, 6.07) is 8.21. The van der Waals surface area contributed by atoms with E-state index in [2.05, 4.69) is 62.8 Å². The maximum atomic E-state index is 4.59. The highest BCUT2D eigenvalue weighted by atomic mass is 79.9.